The summed E-state index contributed by atoms with van der Waals surface area (Å²) in [6.45, 7) is 0. The molecule has 2 heterocycles. The maximum Gasteiger partial charge on any atom is 0.0887 e. The first kappa shape index (κ1) is 31.5. The Bertz CT molecular complexity index is 2940. The number of aryl methyl sites for hydroxylation is 1. The third-order valence-corrected chi connectivity index (χ3v) is 11.9. The van der Waals surface area contributed by atoms with Crippen LogP contribution in [-0.4, -0.2) is 16.5 Å². The number of rotatable bonds is 4. The standard InChI is InChI=1S/C50H40N4/c1-53-49(34-16-3-2-4-17-34)51-48(52-50(53)37-27-26-32-14-5-6-18-35(32)30-37)36-19-13-20-38(31-36)54-44-25-12-11-24-43(44)46-45-39-21-8-7-15-33(39)28-29-41(45)40-22-9-10-23-42(40)47(46)54/h2-5,7-17,19-31,48-52H,6,18H2,1H3. The van der Waals surface area contributed by atoms with E-state index in [0.29, 0.717) is 0 Å². The number of nitrogens with zero attached hydrogens (tertiary/aromatic N) is 2. The molecule has 1 saturated heterocycles. The summed E-state index contributed by atoms with van der Waals surface area (Å²) in [5, 5.41) is 18.3. The minimum absolute atomic E-state index is 0.0122. The second kappa shape index (κ2) is 12.5. The molecule has 1 aliphatic carbocycles. The normalized spacial score (nSPS) is 18.9. The number of para-hydroxylation sites is 1. The number of nitrogens with one attached hydrogen (secondary N) is 2. The molecule has 0 amide bonds. The van der Waals surface area contributed by atoms with Crippen LogP contribution in [0.3, 0.4) is 0 Å². The number of aromatic nitrogens is 1. The Labute approximate surface area is 315 Å². The molecule has 4 nitrogen and oxygen atoms in total. The SMILES string of the molecule is CN1C(c2ccccc2)NC(c2cccc(-n3c4ccccc4c4c5c6ccccc6ccc5c5ccccc5c43)c2)NC1c1ccc2c(c1)CCC=C2. The number of allylic oxidation sites excluding steroid dienone is 1. The van der Waals surface area contributed by atoms with E-state index in [0.717, 1.165) is 18.5 Å². The molecule has 8 aromatic carbocycles. The maximum absolute atomic E-state index is 4.05. The van der Waals surface area contributed by atoms with Crippen molar-refractivity contribution in [3.8, 4) is 5.69 Å². The van der Waals surface area contributed by atoms with Crippen LogP contribution in [-0.2, 0) is 6.42 Å². The fourth-order valence-corrected chi connectivity index (χ4v) is 9.41. The van der Waals surface area contributed by atoms with Gasteiger partial charge < -0.3 is 4.57 Å². The summed E-state index contributed by atoms with van der Waals surface area (Å²) < 4.78 is 2.51. The molecule has 0 bridgehead atoms. The fraction of sp³-hybridized carbons (Fsp3) is 0.120. The largest absolute Gasteiger partial charge is 0.309 e. The quantitative estimate of drug-likeness (QED) is 0.180. The average Bonchev–Trinajstić information content (AvgIpc) is 3.59. The van der Waals surface area contributed by atoms with Crippen LogP contribution in [0, 0.1) is 0 Å². The van der Waals surface area contributed by atoms with E-state index in [1.807, 2.05) is 0 Å². The summed E-state index contributed by atoms with van der Waals surface area (Å²) in [5.41, 5.74) is 10.1. The van der Waals surface area contributed by atoms with Gasteiger partial charge in [0, 0.05) is 27.2 Å². The van der Waals surface area contributed by atoms with E-state index in [1.54, 1.807) is 0 Å². The molecule has 4 heteroatoms. The van der Waals surface area contributed by atoms with Crippen molar-refractivity contribution in [3.05, 3.63) is 192 Å². The molecule has 1 fully saturated rings. The van der Waals surface area contributed by atoms with E-state index in [2.05, 4.69) is 197 Å². The van der Waals surface area contributed by atoms with Crippen molar-refractivity contribution in [1.82, 2.24) is 20.1 Å². The highest BCUT2D eigenvalue weighted by Gasteiger charge is 2.35. The van der Waals surface area contributed by atoms with E-state index in [1.165, 1.54) is 81.9 Å². The molecule has 2 aliphatic rings. The van der Waals surface area contributed by atoms with Gasteiger partial charge in [-0.15, -0.1) is 0 Å². The number of fused-ring (bicyclic) bond motifs is 11. The van der Waals surface area contributed by atoms with Crippen LogP contribution in [0.25, 0.3) is 65.9 Å². The molecule has 260 valence electrons. The Kier molecular flexibility index (Phi) is 7.31. The lowest BCUT2D eigenvalue weighted by atomic mass is 9.93. The van der Waals surface area contributed by atoms with Crippen LogP contribution in [0.15, 0.2) is 164 Å². The lowest BCUT2D eigenvalue weighted by Crippen LogP contribution is -2.54. The predicted molar refractivity (Wildman–Crippen MR) is 226 cm³/mol. The first-order valence-electron chi connectivity index (χ1n) is 19.2. The third-order valence-electron chi connectivity index (χ3n) is 11.9. The smallest absolute Gasteiger partial charge is 0.0887 e. The Morgan fingerprint density at radius 1 is 0.537 bits per heavy atom. The van der Waals surface area contributed by atoms with E-state index >= 15 is 0 Å². The Hall–Kier alpha value is -6.04. The molecule has 3 atom stereocenters. The van der Waals surface area contributed by atoms with Gasteiger partial charge in [-0.05, 0) is 87.5 Å². The Balaban J connectivity index is 1.11. The molecule has 3 unspecified atom stereocenters. The summed E-state index contributed by atoms with van der Waals surface area (Å²) in [7, 11) is 2.23. The van der Waals surface area contributed by atoms with Gasteiger partial charge in [0.1, 0.15) is 0 Å². The summed E-state index contributed by atoms with van der Waals surface area (Å²) in [6.07, 6.45) is 6.67. The lowest BCUT2D eigenvalue weighted by molar-refractivity contribution is 0.0415. The minimum Gasteiger partial charge on any atom is -0.309 e. The van der Waals surface area contributed by atoms with Crippen LogP contribution in [0.4, 0.5) is 0 Å². The highest BCUT2D eigenvalue weighted by molar-refractivity contribution is 6.36. The fourth-order valence-electron chi connectivity index (χ4n) is 9.41. The van der Waals surface area contributed by atoms with Gasteiger partial charge in [0.25, 0.3) is 0 Å². The van der Waals surface area contributed by atoms with E-state index in [-0.39, 0.29) is 18.5 Å². The first-order valence-corrected chi connectivity index (χ1v) is 19.2. The van der Waals surface area contributed by atoms with Gasteiger partial charge in [0.15, 0.2) is 0 Å². The second-order valence-corrected chi connectivity index (χ2v) is 15.0. The Morgan fingerprint density at radius 2 is 1.26 bits per heavy atom. The van der Waals surface area contributed by atoms with Crippen LogP contribution < -0.4 is 10.6 Å². The van der Waals surface area contributed by atoms with Gasteiger partial charge in [0.2, 0.25) is 0 Å². The predicted octanol–water partition coefficient (Wildman–Crippen LogP) is 11.7. The summed E-state index contributed by atoms with van der Waals surface area (Å²) in [6, 6.07) is 58.3. The van der Waals surface area contributed by atoms with Crippen molar-refractivity contribution in [2.45, 2.75) is 31.3 Å². The van der Waals surface area contributed by atoms with Crippen LogP contribution in [0.2, 0.25) is 0 Å². The summed E-state index contributed by atoms with van der Waals surface area (Å²) in [5.74, 6) is 0. The number of benzene rings is 8. The highest BCUT2D eigenvalue weighted by Crippen LogP contribution is 2.45. The molecule has 1 aromatic heterocycles. The van der Waals surface area contributed by atoms with Gasteiger partial charge in [-0.3, -0.25) is 15.5 Å². The molecular weight excluding hydrogens is 657 g/mol. The van der Waals surface area contributed by atoms with E-state index in [9.17, 15) is 0 Å². The highest BCUT2D eigenvalue weighted by atomic mass is 15.4. The first-order chi connectivity index (χ1) is 26.7. The third kappa shape index (κ3) is 4.88. The van der Waals surface area contributed by atoms with Crippen molar-refractivity contribution in [3.63, 3.8) is 0 Å². The topological polar surface area (TPSA) is 32.2 Å². The molecule has 11 rings (SSSR count). The van der Waals surface area contributed by atoms with Crippen molar-refractivity contribution in [2.75, 3.05) is 7.05 Å². The monoisotopic (exact) mass is 696 g/mol. The maximum atomic E-state index is 4.05. The van der Waals surface area contributed by atoms with Gasteiger partial charge in [-0.2, -0.15) is 0 Å². The molecule has 0 radical (unpaired) electrons. The molecule has 9 aromatic rings. The zero-order valence-corrected chi connectivity index (χ0v) is 30.2. The molecular formula is C50H40N4. The van der Waals surface area contributed by atoms with Crippen LogP contribution >= 0.6 is 0 Å². The molecule has 1 aliphatic heterocycles. The van der Waals surface area contributed by atoms with E-state index < -0.39 is 0 Å². The van der Waals surface area contributed by atoms with Crippen molar-refractivity contribution < 1.29 is 0 Å². The van der Waals surface area contributed by atoms with Gasteiger partial charge >= 0.3 is 0 Å². The van der Waals surface area contributed by atoms with Crippen molar-refractivity contribution >= 4 is 60.2 Å². The van der Waals surface area contributed by atoms with E-state index in [4.69, 9.17) is 0 Å². The van der Waals surface area contributed by atoms with Gasteiger partial charge in [-0.25, -0.2) is 0 Å². The summed E-state index contributed by atoms with van der Waals surface area (Å²) >= 11 is 0. The minimum atomic E-state index is -0.0955. The summed E-state index contributed by atoms with van der Waals surface area (Å²) in [4.78, 5) is 2.44. The van der Waals surface area contributed by atoms with Crippen molar-refractivity contribution in [2.24, 2.45) is 0 Å². The lowest BCUT2D eigenvalue weighted by Gasteiger charge is -2.46. The van der Waals surface area contributed by atoms with Crippen molar-refractivity contribution in [1.29, 1.82) is 0 Å². The molecule has 0 saturated carbocycles. The zero-order valence-electron chi connectivity index (χ0n) is 30.2. The van der Waals surface area contributed by atoms with Gasteiger partial charge in [0.05, 0.1) is 29.5 Å². The molecule has 2 N–H and O–H groups in total. The second-order valence-electron chi connectivity index (χ2n) is 15.0. The van der Waals surface area contributed by atoms with Crippen LogP contribution in [0.5, 0.6) is 0 Å². The van der Waals surface area contributed by atoms with Gasteiger partial charge in [-0.1, -0.05) is 152 Å². The number of hydrogen-bond acceptors (Lipinski definition) is 3. The zero-order chi connectivity index (χ0) is 35.8. The average molecular weight is 697 g/mol. The van der Waals surface area contributed by atoms with Crippen LogP contribution in [0.1, 0.15) is 52.7 Å². The Morgan fingerprint density at radius 3 is 2.13 bits per heavy atom. The number of hydrogen-bond donors (Lipinski definition) is 2. The molecule has 0 spiro atoms. The molecule has 54 heavy (non-hydrogen) atoms.